The summed E-state index contributed by atoms with van der Waals surface area (Å²) >= 11 is 0. The lowest BCUT2D eigenvalue weighted by Crippen LogP contribution is -2.40. The number of halogens is 1. The molecular formula is C16H20ClN3O2. The summed E-state index contributed by atoms with van der Waals surface area (Å²) in [5.41, 5.74) is 1.27. The highest BCUT2D eigenvalue weighted by atomic mass is 35.5. The topological polar surface area (TPSA) is 58.4 Å². The number of aromatic nitrogens is 1. The molecule has 3 rings (SSSR count). The lowest BCUT2D eigenvalue weighted by molar-refractivity contribution is 0.0731. The fraction of sp³-hybridized carbons (Fsp3) is 0.375. The summed E-state index contributed by atoms with van der Waals surface area (Å²) < 4.78 is 5.45. The summed E-state index contributed by atoms with van der Waals surface area (Å²) in [6, 6.07) is 9.86. The number of carbonyl (C=O) groups is 1. The van der Waals surface area contributed by atoms with Gasteiger partial charge in [-0.25, -0.2) is 4.98 Å². The van der Waals surface area contributed by atoms with Gasteiger partial charge in [-0.2, -0.15) is 0 Å². The van der Waals surface area contributed by atoms with Crippen molar-refractivity contribution in [2.24, 2.45) is 0 Å². The summed E-state index contributed by atoms with van der Waals surface area (Å²) in [5.74, 6) is 0.446. The highest BCUT2D eigenvalue weighted by Gasteiger charge is 2.30. The van der Waals surface area contributed by atoms with Gasteiger partial charge in [0.1, 0.15) is 6.26 Å². The van der Waals surface area contributed by atoms with E-state index in [1.165, 1.54) is 6.26 Å². The third-order valence-corrected chi connectivity index (χ3v) is 3.82. The van der Waals surface area contributed by atoms with E-state index in [9.17, 15) is 4.79 Å². The number of amides is 1. The number of oxazole rings is 1. The molecule has 118 valence electrons. The van der Waals surface area contributed by atoms with E-state index >= 15 is 0 Å². The molecule has 0 bridgehead atoms. The highest BCUT2D eigenvalue weighted by molar-refractivity contribution is 5.92. The van der Waals surface area contributed by atoms with Gasteiger partial charge in [0.15, 0.2) is 5.69 Å². The van der Waals surface area contributed by atoms with Crippen LogP contribution in [0.3, 0.4) is 0 Å². The van der Waals surface area contributed by atoms with Crippen LogP contribution in [-0.2, 0) is 0 Å². The first-order chi connectivity index (χ1) is 10.3. The first-order valence-corrected chi connectivity index (χ1v) is 7.26. The minimum atomic E-state index is -0.0429. The molecule has 2 aromatic rings. The fourth-order valence-electron chi connectivity index (χ4n) is 2.78. The van der Waals surface area contributed by atoms with Crippen molar-refractivity contribution in [3.63, 3.8) is 0 Å². The first-order valence-electron chi connectivity index (χ1n) is 7.26. The minimum absolute atomic E-state index is 0. The second-order valence-electron chi connectivity index (χ2n) is 5.26. The molecule has 22 heavy (non-hydrogen) atoms. The van der Waals surface area contributed by atoms with E-state index in [0.29, 0.717) is 11.6 Å². The Labute approximate surface area is 136 Å². The molecule has 1 fully saturated rings. The lowest BCUT2D eigenvalue weighted by atomic mass is 10.2. The van der Waals surface area contributed by atoms with E-state index in [1.54, 1.807) is 0 Å². The van der Waals surface area contributed by atoms with Crippen molar-refractivity contribution in [1.29, 1.82) is 0 Å². The highest BCUT2D eigenvalue weighted by Crippen LogP contribution is 2.22. The number of hydrogen-bond donors (Lipinski definition) is 1. The molecule has 1 N–H and O–H groups in total. The molecule has 1 unspecified atom stereocenters. The van der Waals surface area contributed by atoms with Crippen LogP contribution in [-0.4, -0.2) is 42.0 Å². The van der Waals surface area contributed by atoms with Gasteiger partial charge in [-0.05, 0) is 32.0 Å². The maximum Gasteiger partial charge on any atom is 0.276 e. The van der Waals surface area contributed by atoms with Gasteiger partial charge in [-0.1, -0.05) is 18.2 Å². The number of nitrogens with one attached hydrogen (secondary N) is 1. The molecule has 1 aromatic carbocycles. The summed E-state index contributed by atoms with van der Waals surface area (Å²) in [5, 5.41) is 3.14. The molecule has 1 atom stereocenters. The number of benzene rings is 1. The molecule has 1 amide bonds. The average molecular weight is 322 g/mol. The zero-order valence-corrected chi connectivity index (χ0v) is 13.3. The Morgan fingerprint density at radius 1 is 1.41 bits per heavy atom. The fourth-order valence-corrected chi connectivity index (χ4v) is 2.78. The van der Waals surface area contributed by atoms with Crippen LogP contribution in [0.15, 0.2) is 41.0 Å². The average Bonchev–Trinajstić information content (AvgIpc) is 3.17. The largest absolute Gasteiger partial charge is 0.444 e. The number of hydrogen-bond acceptors (Lipinski definition) is 4. The van der Waals surface area contributed by atoms with Crippen LogP contribution in [0.5, 0.6) is 0 Å². The van der Waals surface area contributed by atoms with Crippen molar-refractivity contribution in [3.05, 3.63) is 42.3 Å². The zero-order valence-electron chi connectivity index (χ0n) is 12.5. The van der Waals surface area contributed by atoms with Gasteiger partial charge >= 0.3 is 0 Å². The Bertz CT molecular complexity index is 615. The van der Waals surface area contributed by atoms with Crippen molar-refractivity contribution in [2.75, 3.05) is 20.1 Å². The number of nitrogens with zero attached hydrogens (tertiary/aromatic N) is 2. The smallest absolute Gasteiger partial charge is 0.276 e. The second-order valence-corrected chi connectivity index (χ2v) is 5.26. The van der Waals surface area contributed by atoms with Crippen molar-refractivity contribution in [3.8, 4) is 11.5 Å². The molecular weight excluding hydrogens is 302 g/mol. The standard InChI is InChI=1S/C16H19N3O2.ClH/c1-17-10-13-8-5-9-19(13)16(20)14-11-21-15(18-14)12-6-3-2-4-7-12;/h2-4,6-7,11,13,17H,5,8-10H2,1H3;1H. The van der Waals surface area contributed by atoms with E-state index < -0.39 is 0 Å². The van der Waals surface area contributed by atoms with E-state index in [-0.39, 0.29) is 24.4 Å². The van der Waals surface area contributed by atoms with Gasteiger partial charge in [0.05, 0.1) is 0 Å². The van der Waals surface area contributed by atoms with Crippen LogP contribution in [0.1, 0.15) is 23.3 Å². The molecule has 0 radical (unpaired) electrons. The molecule has 0 saturated carbocycles. The number of rotatable bonds is 4. The van der Waals surface area contributed by atoms with Gasteiger partial charge in [-0.15, -0.1) is 12.4 Å². The molecule has 1 aliphatic heterocycles. The Balaban J connectivity index is 0.00000176. The van der Waals surface area contributed by atoms with Crippen LogP contribution < -0.4 is 5.32 Å². The Morgan fingerprint density at radius 3 is 2.91 bits per heavy atom. The number of carbonyl (C=O) groups excluding carboxylic acids is 1. The van der Waals surface area contributed by atoms with Crippen molar-refractivity contribution in [1.82, 2.24) is 15.2 Å². The third kappa shape index (κ3) is 3.31. The quantitative estimate of drug-likeness (QED) is 0.940. The van der Waals surface area contributed by atoms with Crippen LogP contribution >= 0.6 is 12.4 Å². The van der Waals surface area contributed by atoms with Crippen molar-refractivity contribution in [2.45, 2.75) is 18.9 Å². The summed E-state index contributed by atoms with van der Waals surface area (Å²) in [6.07, 6.45) is 3.54. The monoisotopic (exact) mass is 321 g/mol. The molecule has 1 aromatic heterocycles. The maximum absolute atomic E-state index is 12.6. The molecule has 6 heteroatoms. The Kier molecular flexibility index (Phi) is 5.57. The molecule has 1 saturated heterocycles. The van der Waals surface area contributed by atoms with Gasteiger partial charge in [0.25, 0.3) is 5.91 Å². The normalized spacial score (nSPS) is 17.3. The van der Waals surface area contributed by atoms with Crippen LogP contribution in [0, 0.1) is 0 Å². The van der Waals surface area contributed by atoms with Crippen LogP contribution in [0.2, 0.25) is 0 Å². The SMILES string of the molecule is CNCC1CCCN1C(=O)c1coc(-c2ccccc2)n1.Cl. The lowest BCUT2D eigenvalue weighted by Gasteiger charge is -2.23. The summed E-state index contributed by atoms with van der Waals surface area (Å²) in [6.45, 7) is 1.61. The minimum Gasteiger partial charge on any atom is -0.444 e. The maximum atomic E-state index is 12.6. The van der Waals surface area contributed by atoms with Crippen LogP contribution in [0.25, 0.3) is 11.5 Å². The van der Waals surface area contributed by atoms with E-state index in [0.717, 1.165) is 31.5 Å². The van der Waals surface area contributed by atoms with Gasteiger partial charge in [0.2, 0.25) is 5.89 Å². The molecule has 2 heterocycles. The van der Waals surface area contributed by atoms with Gasteiger partial charge in [0, 0.05) is 24.7 Å². The summed E-state index contributed by atoms with van der Waals surface area (Å²) in [4.78, 5) is 18.8. The van der Waals surface area contributed by atoms with E-state index in [1.807, 2.05) is 42.3 Å². The molecule has 0 spiro atoms. The van der Waals surface area contributed by atoms with Crippen molar-refractivity contribution >= 4 is 18.3 Å². The molecule has 0 aliphatic carbocycles. The number of likely N-dealkylation sites (N-methyl/N-ethyl adjacent to an activating group) is 1. The first kappa shape index (κ1) is 16.5. The van der Waals surface area contributed by atoms with Gasteiger partial charge in [-0.3, -0.25) is 4.79 Å². The Morgan fingerprint density at radius 2 is 2.18 bits per heavy atom. The zero-order chi connectivity index (χ0) is 14.7. The Hall–Kier alpha value is -1.85. The van der Waals surface area contributed by atoms with Crippen LogP contribution in [0.4, 0.5) is 0 Å². The second kappa shape index (κ2) is 7.42. The predicted octanol–water partition coefficient (Wildman–Crippen LogP) is 2.59. The molecule has 1 aliphatic rings. The van der Waals surface area contributed by atoms with E-state index in [4.69, 9.17) is 4.42 Å². The van der Waals surface area contributed by atoms with Crippen molar-refractivity contribution < 1.29 is 9.21 Å². The number of likely N-dealkylation sites (tertiary alicyclic amines) is 1. The van der Waals surface area contributed by atoms with Gasteiger partial charge < -0.3 is 14.6 Å². The summed E-state index contributed by atoms with van der Waals surface area (Å²) in [7, 11) is 1.91. The molecule has 5 nitrogen and oxygen atoms in total. The third-order valence-electron chi connectivity index (χ3n) is 3.82. The predicted molar refractivity (Wildman–Crippen MR) is 87.2 cm³/mol. The van der Waals surface area contributed by atoms with E-state index in [2.05, 4.69) is 10.3 Å².